The van der Waals surface area contributed by atoms with E-state index in [-0.39, 0.29) is 17.7 Å². The normalized spacial score (nSPS) is 30.3. The number of piperidine rings is 3. The molecule has 2 bridgehead atoms. The molecule has 0 saturated carbocycles. The molecule has 29 heavy (non-hydrogen) atoms. The number of aliphatic hydroxyl groups excluding tert-OH is 1. The minimum absolute atomic E-state index is 0.0406. The van der Waals surface area contributed by atoms with Gasteiger partial charge >= 0.3 is 10.4 Å². The van der Waals surface area contributed by atoms with E-state index in [0.717, 1.165) is 25.9 Å². The standard InChI is InChI=1S/C20H22N2O6S/c1-3-11-10-22-7-6-12(11)8-16(22)18(23)17-14-9-13(26-2)4-5-15(14)21-20-19(17)27-29(24,25)28-20/h3-5,9,11-12,16,18,23H,1,6-8,10H2,2H3/t11-,12-,16+,18+/m0/s1. The van der Waals surface area contributed by atoms with Crippen LogP contribution >= 0.6 is 0 Å². The second-order valence-electron chi connectivity index (χ2n) is 7.81. The quantitative estimate of drug-likeness (QED) is 0.755. The molecule has 4 aliphatic heterocycles. The molecule has 3 saturated heterocycles. The Balaban J connectivity index is 1.65. The van der Waals surface area contributed by atoms with Crippen molar-refractivity contribution in [1.29, 1.82) is 0 Å². The summed E-state index contributed by atoms with van der Waals surface area (Å²) < 4.78 is 39.2. The summed E-state index contributed by atoms with van der Waals surface area (Å²) in [6.07, 6.45) is 2.89. The first kappa shape index (κ1) is 18.7. The van der Waals surface area contributed by atoms with Crippen molar-refractivity contribution in [3.05, 3.63) is 36.4 Å². The van der Waals surface area contributed by atoms with Gasteiger partial charge in [0.15, 0.2) is 0 Å². The molecule has 5 atom stereocenters. The van der Waals surface area contributed by atoms with Crippen LogP contribution in [0.5, 0.6) is 17.4 Å². The van der Waals surface area contributed by atoms with E-state index in [1.165, 1.54) is 0 Å². The van der Waals surface area contributed by atoms with E-state index in [9.17, 15) is 13.5 Å². The molecule has 3 fully saturated rings. The summed E-state index contributed by atoms with van der Waals surface area (Å²) in [5, 5.41) is 12.0. The van der Waals surface area contributed by atoms with Crippen molar-refractivity contribution in [2.24, 2.45) is 11.8 Å². The van der Waals surface area contributed by atoms with Crippen molar-refractivity contribution in [3.8, 4) is 17.4 Å². The summed E-state index contributed by atoms with van der Waals surface area (Å²) in [7, 11) is -2.70. The number of hydrogen-bond acceptors (Lipinski definition) is 8. The van der Waals surface area contributed by atoms with E-state index in [4.69, 9.17) is 13.1 Å². The van der Waals surface area contributed by atoms with E-state index in [1.54, 1.807) is 25.3 Å². The zero-order chi connectivity index (χ0) is 20.3. The van der Waals surface area contributed by atoms with Crippen LogP contribution in [-0.4, -0.2) is 49.6 Å². The van der Waals surface area contributed by atoms with Crippen LogP contribution in [0, 0.1) is 11.8 Å². The van der Waals surface area contributed by atoms with Gasteiger partial charge in [0.05, 0.1) is 18.7 Å². The molecule has 0 radical (unpaired) electrons. The van der Waals surface area contributed by atoms with Gasteiger partial charge in [-0.15, -0.1) is 15.0 Å². The van der Waals surface area contributed by atoms with Crippen LogP contribution in [0.1, 0.15) is 24.5 Å². The Kier molecular flexibility index (Phi) is 4.23. The van der Waals surface area contributed by atoms with E-state index in [1.807, 2.05) is 6.08 Å². The Hall–Kier alpha value is -2.36. The van der Waals surface area contributed by atoms with Crippen molar-refractivity contribution in [2.75, 3.05) is 20.2 Å². The van der Waals surface area contributed by atoms with Crippen molar-refractivity contribution in [3.63, 3.8) is 0 Å². The Morgan fingerprint density at radius 2 is 2.24 bits per heavy atom. The molecular weight excluding hydrogens is 396 g/mol. The molecule has 1 unspecified atom stereocenters. The lowest BCUT2D eigenvalue weighted by atomic mass is 9.73. The Morgan fingerprint density at radius 3 is 2.93 bits per heavy atom. The Morgan fingerprint density at radius 1 is 1.41 bits per heavy atom. The second kappa shape index (κ2) is 6.58. The molecule has 0 spiro atoms. The maximum absolute atomic E-state index is 11.9. The van der Waals surface area contributed by atoms with Gasteiger partial charge in [0, 0.05) is 23.5 Å². The zero-order valence-corrected chi connectivity index (χ0v) is 16.8. The van der Waals surface area contributed by atoms with Crippen LogP contribution in [-0.2, 0) is 10.4 Å². The first-order valence-electron chi connectivity index (χ1n) is 9.60. The van der Waals surface area contributed by atoms with Crippen LogP contribution in [0.4, 0.5) is 0 Å². The number of pyridine rings is 1. The van der Waals surface area contributed by atoms with Crippen LogP contribution in [0.3, 0.4) is 0 Å². The monoisotopic (exact) mass is 418 g/mol. The smallest absolute Gasteiger partial charge is 0.497 e. The highest BCUT2D eigenvalue weighted by molar-refractivity contribution is 7.82. The maximum Gasteiger partial charge on any atom is 0.502 e. The Bertz CT molecular complexity index is 1100. The predicted molar refractivity (Wildman–Crippen MR) is 105 cm³/mol. The Labute approximate surface area is 169 Å². The summed E-state index contributed by atoms with van der Waals surface area (Å²) in [6.45, 7) is 5.66. The van der Waals surface area contributed by atoms with E-state index >= 15 is 0 Å². The largest absolute Gasteiger partial charge is 0.502 e. The van der Waals surface area contributed by atoms with Crippen molar-refractivity contribution < 1.29 is 26.6 Å². The first-order chi connectivity index (χ1) is 13.9. The van der Waals surface area contributed by atoms with Gasteiger partial charge in [-0.1, -0.05) is 6.08 Å². The molecule has 6 rings (SSSR count). The number of fused-ring (bicyclic) bond motifs is 5. The van der Waals surface area contributed by atoms with Gasteiger partial charge in [-0.05, 0) is 49.4 Å². The predicted octanol–water partition coefficient (Wildman–Crippen LogP) is 2.19. The van der Waals surface area contributed by atoms with Crippen LogP contribution in [0.15, 0.2) is 30.9 Å². The molecule has 9 heteroatoms. The molecule has 8 nitrogen and oxygen atoms in total. The van der Waals surface area contributed by atoms with Gasteiger partial charge in [-0.25, -0.2) is 4.98 Å². The zero-order valence-electron chi connectivity index (χ0n) is 15.9. The highest BCUT2D eigenvalue weighted by Gasteiger charge is 2.45. The lowest BCUT2D eigenvalue weighted by molar-refractivity contribution is -0.0448. The number of aliphatic hydroxyl groups is 1. The van der Waals surface area contributed by atoms with E-state index in [0.29, 0.717) is 34.1 Å². The molecule has 2 aromatic rings. The lowest BCUT2D eigenvalue weighted by Crippen LogP contribution is -2.54. The van der Waals surface area contributed by atoms with E-state index < -0.39 is 16.5 Å². The third-order valence-electron chi connectivity index (χ3n) is 6.34. The molecule has 0 aliphatic carbocycles. The summed E-state index contributed by atoms with van der Waals surface area (Å²) in [5.74, 6) is 1.25. The number of rotatable bonds is 4. The van der Waals surface area contributed by atoms with Gasteiger partial charge in [-0.3, -0.25) is 4.90 Å². The van der Waals surface area contributed by atoms with Crippen molar-refractivity contribution in [1.82, 2.24) is 9.88 Å². The minimum Gasteiger partial charge on any atom is -0.497 e. The summed E-state index contributed by atoms with van der Waals surface area (Å²) in [4.78, 5) is 6.52. The number of benzene rings is 1. The fourth-order valence-corrected chi connectivity index (χ4v) is 5.60. The fraction of sp³-hybridized carbons (Fsp3) is 0.450. The first-order valence-corrected chi connectivity index (χ1v) is 10.9. The average molecular weight is 418 g/mol. The SMILES string of the molecule is C=C[C@H]1CN2CC[C@H]1C[C@@H]2[C@@H](O)c1c2c(nc3ccc(OC)cc13)OS(=O)(=O)O2. The van der Waals surface area contributed by atoms with Gasteiger partial charge < -0.3 is 18.2 Å². The van der Waals surface area contributed by atoms with Crippen LogP contribution < -0.4 is 13.1 Å². The highest BCUT2D eigenvalue weighted by atomic mass is 32.3. The number of aromatic nitrogens is 1. The van der Waals surface area contributed by atoms with Crippen LogP contribution in [0.25, 0.3) is 10.9 Å². The molecule has 0 amide bonds. The lowest BCUT2D eigenvalue weighted by Gasteiger charge is -2.50. The average Bonchev–Trinajstić information content (AvgIpc) is 3.04. The number of ether oxygens (including phenoxy) is 1. The van der Waals surface area contributed by atoms with Crippen LogP contribution in [0.2, 0.25) is 0 Å². The maximum atomic E-state index is 11.9. The summed E-state index contributed by atoms with van der Waals surface area (Å²) in [5.41, 5.74) is 0.872. The van der Waals surface area contributed by atoms with Gasteiger partial charge in [0.25, 0.3) is 5.88 Å². The molecule has 5 heterocycles. The summed E-state index contributed by atoms with van der Waals surface area (Å²) in [6, 6.07) is 5.01. The number of nitrogens with zero attached hydrogens (tertiary/aromatic N) is 2. The number of methoxy groups -OCH3 is 1. The molecule has 154 valence electrons. The van der Waals surface area contributed by atoms with Gasteiger partial charge in [0.1, 0.15) is 5.75 Å². The molecule has 1 N–H and O–H groups in total. The summed E-state index contributed by atoms with van der Waals surface area (Å²) >= 11 is 0. The van der Waals surface area contributed by atoms with Crippen molar-refractivity contribution in [2.45, 2.75) is 25.0 Å². The highest BCUT2D eigenvalue weighted by Crippen LogP contribution is 2.48. The van der Waals surface area contributed by atoms with Gasteiger partial charge in [-0.2, -0.15) is 0 Å². The molecule has 1 aromatic carbocycles. The molecule has 1 aromatic heterocycles. The van der Waals surface area contributed by atoms with Gasteiger partial charge in [0.2, 0.25) is 5.75 Å². The molecular formula is C20H22N2O6S. The number of hydrogen-bond donors (Lipinski definition) is 1. The third-order valence-corrected chi connectivity index (χ3v) is 7.07. The van der Waals surface area contributed by atoms with E-state index in [2.05, 4.69) is 16.5 Å². The minimum atomic E-state index is -4.24. The molecule has 4 aliphatic rings. The van der Waals surface area contributed by atoms with Crippen molar-refractivity contribution >= 4 is 21.3 Å². The topological polar surface area (TPSA) is 98.2 Å². The third kappa shape index (κ3) is 2.95. The second-order valence-corrected chi connectivity index (χ2v) is 8.96. The fourth-order valence-electron chi connectivity index (χ4n) is 4.90.